The van der Waals surface area contributed by atoms with Crippen molar-refractivity contribution in [2.45, 2.75) is 6.92 Å². The zero-order valence-corrected chi connectivity index (χ0v) is 26.0. The first-order chi connectivity index (χ1) is 23.2. The summed E-state index contributed by atoms with van der Waals surface area (Å²) in [6.45, 7) is 2.16. The van der Waals surface area contributed by atoms with Gasteiger partial charge in [-0.05, 0) is 76.0 Å². The molecule has 0 aliphatic heterocycles. The van der Waals surface area contributed by atoms with Gasteiger partial charge in [0.25, 0.3) is 0 Å². The van der Waals surface area contributed by atoms with Gasteiger partial charge in [0, 0.05) is 33.3 Å². The first-order valence-corrected chi connectivity index (χ1v) is 16.1. The van der Waals surface area contributed by atoms with Crippen LogP contribution in [-0.4, -0.2) is 0 Å². The van der Waals surface area contributed by atoms with E-state index >= 15 is 0 Å². The summed E-state index contributed by atoms with van der Waals surface area (Å²) in [5.74, 6) is 0. The van der Waals surface area contributed by atoms with E-state index in [9.17, 15) is 0 Å². The fourth-order valence-electron chi connectivity index (χ4n) is 7.01. The third-order valence-electron chi connectivity index (χ3n) is 9.31. The van der Waals surface area contributed by atoms with Crippen LogP contribution in [0.2, 0.25) is 0 Å². The van der Waals surface area contributed by atoms with E-state index < -0.39 is 0 Å². The van der Waals surface area contributed by atoms with Crippen LogP contribution in [0.25, 0.3) is 65.7 Å². The summed E-state index contributed by atoms with van der Waals surface area (Å²) in [6, 6.07) is 60.9. The van der Waals surface area contributed by atoms with Crippen LogP contribution in [0.15, 0.2) is 174 Å². The Morgan fingerprint density at radius 3 is 1.89 bits per heavy atom. The Balaban J connectivity index is 1.24. The molecular weight excluding hydrogens is 571 g/mol. The molecule has 47 heavy (non-hydrogen) atoms. The Kier molecular flexibility index (Phi) is 6.39. The summed E-state index contributed by atoms with van der Waals surface area (Å²) in [4.78, 5) is 2.39. The summed E-state index contributed by atoms with van der Waals surface area (Å²) in [7, 11) is 0. The summed E-state index contributed by atoms with van der Waals surface area (Å²) in [6.07, 6.45) is 0. The summed E-state index contributed by atoms with van der Waals surface area (Å²) >= 11 is 0. The Hall–Kier alpha value is -6.12. The van der Waals surface area contributed by atoms with Crippen molar-refractivity contribution in [3.63, 3.8) is 0 Å². The number of aryl methyl sites for hydroxylation is 1. The standard InChI is InChI=1S/C45H31NO/c1-30-18-19-33-20-21-34-24-27-36(29-42(34)41(33)28-30)46(43-16-7-5-12-37(43)31-10-3-2-4-11-31)35-25-22-32(23-26-35)38-14-9-15-40-39-13-6-8-17-44(39)47-45(38)40/h2-29H,1H3. The number of hydrogen-bond acceptors (Lipinski definition) is 2. The van der Waals surface area contributed by atoms with Gasteiger partial charge in [-0.3, -0.25) is 0 Å². The van der Waals surface area contributed by atoms with E-state index in [2.05, 4.69) is 170 Å². The second-order valence-electron chi connectivity index (χ2n) is 12.2. The van der Waals surface area contributed by atoms with Gasteiger partial charge in [-0.1, -0.05) is 139 Å². The lowest BCUT2D eigenvalue weighted by Crippen LogP contribution is -2.11. The van der Waals surface area contributed by atoms with Crippen LogP contribution < -0.4 is 4.90 Å². The third-order valence-corrected chi connectivity index (χ3v) is 9.31. The minimum atomic E-state index is 0.911. The molecule has 0 saturated heterocycles. The average molecular weight is 602 g/mol. The highest BCUT2D eigenvalue weighted by Gasteiger charge is 2.19. The predicted molar refractivity (Wildman–Crippen MR) is 199 cm³/mol. The Bertz CT molecular complexity index is 2580. The van der Waals surface area contributed by atoms with E-state index in [1.54, 1.807) is 0 Å². The van der Waals surface area contributed by atoms with Crippen molar-refractivity contribution >= 4 is 60.5 Å². The van der Waals surface area contributed by atoms with E-state index in [1.807, 2.05) is 12.1 Å². The molecule has 9 rings (SSSR count). The first kappa shape index (κ1) is 27.2. The highest BCUT2D eigenvalue weighted by Crippen LogP contribution is 2.43. The van der Waals surface area contributed by atoms with Crippen LogP contribution in [0, 0.1) is 6.92 Å². The van der Waals surface area contributed by atoms with Crippen molar-refractivity contribution in [1.82, 2.24) is 0 Å². The van der Waals surface area contributed by atoms with Gasteiger partial charge in [0.2, 0.25) is 0 Å². The zero-order valence-electron chi connectivity index (χ0n) is 26.0. The molecule has 0 aliphatic carbocycles. The summed E-state index contributed by atoms with van der Waals surface area (Å²) in [5.41, 5.74) is 11.0. The predicted octanol–water partition coefficient (Wildman–Crippen LogP) is 13.0. The van der Waals surface area contributed by atoms with E-state index in [0.717, 1.165) is 50.1 Å². The van der Waals surface area contributed by atoms with Crippen molar-refractivity contribution in [3.8, 4) is 22.3 Å². The number of para-hydroxylation sites is 3. The molecule has 0 amide bonds. The minimum absolute atomic E-state index is 0.911. The molecule has 0 N–H and O–H groups in total. The van der Waals surface area contributed by atoms with Crippen molar-refractivity contribution in [2.75, 3.05) is 4.90 Å². The topological polar surface area (TPSA) is 16.4 Å². The highest BCUT2D eigenvalue weighted by atomic mass is 16.3. The maximum Gasteiger partial charge on any atom is 0.143 e. The van der Waals surface area contributed by atoms with Crippen molar-refractivity contribution in [3.05, 3.63) is 175 Å². The van der Waals surface area contributed by atoms with Gasteiger partial charge in [0.15, 0.2) is 0 Å². The number of hydrogen-bond donors (Lipinski definition) is 0. The largest absolute Gasteiger partial charge is 0.455 e. The molecule has 0 aliphatic rings. The van der Waals surface area contributed by atoms with E-state index in [4.69, 9.17) is 4.42 Å². The average Bonchev–Trinajstić information content (AvgIpc) is 3.52. The van der Waals surface area contributed by atoms with Crippen LogP contribution in [0.4, 0.5) is 17.1 Å². The summed E-state index contributed by atoms with van der Waals surface area (Å²) in [5, 5.41) is 7.29. The Labute approximate surface area is 273 Å². The number of anilines is 3. The van der Waals surface area contributed by atoms with Gasteiger partial charge in [-0.25, -0.2) is 0 Å². The van der Waals surface area contributed by atoms with Gasteiger partial charge in [0.1, 0.15) is 11.2 Å². The molecule has 9 aromatic rings. The maximum absolute atomic E-state index is 6.39. The second kappa shape index (κ2) is 11.0. The van der Waals surface area contributed by atoms with Gasteiger partial charge in [-0.2, -0.15) is 0 Å². The van der Waals surface area contributed by atoms with Crippen molar-refractivity contribution in [1.29, 1.82) is 0 Å². The van der Waals surface area contributed by atoms with Crippen LogP contribution in [0.5, 0.6) is 0 Å². The Morgan fingerprint density at radius 2 is 1.04 bits per heavy atom. The number of rotatable bonds is 5. The van der Waals surface area contributed by atoms with Crippen LogP contribution in [0.3, 0.4) is 0 Å². The van der Waals surface area contributed by atoms with E-state index in [-0.39, 0.29) is 0 Å². The lowest BCUT2D eigenvalue weighted by Gasteiger charge is -2.28. The lowest BCUT2D eigenvalue weighted by atomic mass is 9.98. The Morgan fingerprint density at radius 1 is 0.426 bits per heavy atom. The van der Waals surface area contributed by atoms with Gasteiger partial charge >= 0.3 is 0 Å². The SMILES string of the molecule is Cc1ccc2ccc3ccc(N(c4ccc(-c5cccc6c5oc5ccccc56)cc4)c4ccccc4-c4ccccc4)cc3c2c1. The maximum atomic E-state index is 6.39. The highest BCUT2D eigenvalue weighted by molar-refractivity contribution is 6.10. The molecule has 0 spiro atoms. The number of benzene rings is 8. The summed E-state index contributed by atoms with van der Waals surface area (Å²) < 4.78 is 6.39. The molecule has 1 heterocycles. The molecule has 8 aromatic carbocycles. The van der Waals surface area contributed by atoms with Crippen molar-refractivity contribution < 1.29 is 4.42 Å². The number of nitrogens with zero attached hydrogens (tertiary/aromatic N) is 1. The monoisotopic (exact) mass is 601 g/mol. The molecule has 222 valence electrons. The lowest BCUT2D eigenvalue weighted by molar-refractivity contribution is 0.670. The molecule has 0 fully saturated rings. The van der Waals surface area contributed by atoms with Crippen LogP contribution in [-0.2, 0) is 0 Å². The molecule has 1 aromatic heterocycles. The minimum Gasteiger partial charge on any atom is -0.455 e. The number of furan rings is 1. The van der Waals surface area contributed by atoms with Crippen LogP contribution in [0.1, 0.15) is 5.56 Å². The fraction of sp³-hybridized carbons (Fsp3) is 0.0222. The zero-order chi connectivity index (χ0) is 31.3. The molecule has 2 heteroatoms. The fourth-order valence-corrected chi connectivity index (χ4v) is 7.01. The van der Waals surface area contributed by atoms with E-state index in [0.29, 0.717) is 0 Å². The molecule has 0 saturated carbocycles. The smallest absolute Gasteiger partial charge is 0.143 e. The molecule has 0 bridgehead atoms. The van der Waals surface area contributed by atoms with Gasteiger partial charge in [-0.15, -0.1) is 0 Å². The normalized spacial score (nSPS) is 11.5. The second-order valence-corrected chi connectivity index (χ2v) is 12.2. The van der Waals surface area contributed by atoms with E-state index in [1.165, 1.54) is 38.2 Å². The van der Waals surface area contributed by atoms with Crippen LogP contribution >= 0.6 is 0 Å². The quantitative estimate of drug-likeness (QED) is 0.182. The molecular formula is C45H31NO. The molecule has 0 unspecified atom stereocenters. The van der Waals surface area contributed by atoms with Gasteiger partial charge < -0.3 is 9.32 Å². The number of fused-ring (bicyclic) bond motifs is 6. The molecule has 0 radical (unpaired) electrons. The molecule has 0 atom stereocenters. The van der Waals surface area contributed by atoms with Gasteiger partial charge in [0.05, 0.1) is 5.69 Å². The third kappa shape index (κ3) is 4.65. The van der Waals surface area contributed by atoms with Crippen molar-refractivity contribution in [2.24, 2.45) is 0 Å². The first-order valence-electron chi connectivity index (χ1n) is 16.1. The molecule has 2 nitrogen and oxygen atoms in total.